The molecule has 1 aromatic heterocycles. The Labute approximate surface area is 172 Å². The molecule has 0 aliphatic carbocycles. The molecule has 29 heavy (non-hydrogen) atoms. The fraction of sp³-hybridized carbons (Fsp3) is 0.391. The second kappa shape index (κ2) is 8.99. The van der Waals surface area contributed by atoms with Crippen LogP contribution in [0.3, 0.4) is 0 Å². The topological polar surface area (TPSA) is 66.5 Å². The average Bonchev–Trinajstić information content (AvgIpc) is 3.15. The van der Waals surface area contributed by atoms with E-state index in [2.05, 4.69) is 39.6 Å². The van der Waals surface area contributed by atoms with E-state index < -0.39 is 0 Å². The second-order valence-corrected chi connectivity index (χ2v) is 7.56. The van der Waals surface area contributed by atoms with Gasteiger partial charge in [0.15, 0.2) is 0 Å². The highest BCUT2D eigenvalue weighted by molar-refractivity contribution is 5.69. The number of fused-ring (bicyclic) bond motifs is 1. The lowest BCUT2D eigenvalue weighted by Gasteiger charge is -2.32. The number of carbonyl (C=O) groups is 1. The minimum atomic E-state index is -0.344. The van der Waals surface area contributed by atoms with Gasteiger partial charge in [-0.1, -0.05) is 49.8 Å². The van der Waals surface area contributed by atoms with Crippen LogP contribution in [0.2, 0.25) is 0 Å². The van der Waals surface area contributed by atoms with E-state index in [4.69, 9.17) is 4.74 Å². The van der Waals surface area contributed by atoms with Crippen molar-refractivity contribution in [2.24, 2.45) is 0 Å². The van der Waals surface area contributed by atoms with Crippen molar-refractivity contribution in [3.63, 3.8) is 0 Å². The first-order chi connectivity index (χ1) is 14.3. The Morgan fingerprint density at radius 1 is 1.31 bits per heavy atom. The number of nitrogens with one attached hydrogen (secondary N) is 2. The monoisotopic (exact) mass is 392 g/mol. The minimum Gasteiger partial charge on any atom is -0.445 e. The van der Waals surface area contributed by atoms with Crippen molar-refractivity contribution < 1.29 is 9.53 Å². The van der Waals surface area contributed by atoms with E-state index in [0.717, 1.165) is 43.6 Å². The van der Waals surface area contributed by atoms with Crippen molar-refractivity contribution in [2.75, 3.05) is 16.8 Å². The number of hydrogen-bond acceptors (Lipinski definition) is 5. The van der Waals surface area contributed by atoms with E-state index >= 15 is 0 Å². The molecule has 2 aromatic rings. The largest absolute Gasteiger partial charge is 0.445 e. The SMILES string of the molecule is CCCC1C(NC(=O)OCc2ccccc2)CCN1c1ccnc2c1CC=CN2. The van der Waals surface area contributed by atoms with Crippen LogP contribution >= 0.6 is 0 Å². The van der Waals surface area contributed by atoms with E-state index in [1.54, 1.807) is 0 Å². The molecule has 1 aromatic carbocycles. The van der Waals surface area contributed by atoms with Crippen LogP contribution < -0.4 is 15.5 Å². The third-order valence-corrected chi connectivity index (χ3v) is 5.65. The Morgan fingerprint density at radius 2 is 2.17 bits per heavy atom. The second-order valence-electron chi connectivity index (χ2n) is 7.56. The molecule has 2 aliphatic rings. The Hall–Kier alpha value is -3.02. The number of alkyl carbamates (subject to hydrolysis) is 1. The third kappa shape index (κ3) is 4.36. The molecule has 2 N–H and O–H groups in total. The molecule has 152 valence electrons. The van der Waals surface area contributed by atoms with Gasteiger partial charge in [0.1, 0.15) is 12.4 Å². The first kappa shape index (κ1) is 19.3. The number of anilines is 2. The van der Waals surface area contributed by atoms with Crippen molar-refractivity contribution in [3.05, 3.63) is 66.0 Å². The lowest BCUT2D eigenvalue weighted by molar-refractivity contribution is 0.134. The molecule has 0 saturated carbocycles. The lowest BCUT2D eigenvalue weighted by Crippen LogP contribution is -2.45. The summed E-state index contributed by atoms with van der Waals surface area (Å²) in [6.07, 6.45) is 9.44. The number of ether oxygens (including phenoxy) is 1. The highest BCUT2D eigenvalue weighted by atomic mass is 16.5. The van der Waals surface area contributed by atoms with Gasteiger partial charge in [-0.25, -0.2) is 9.78 Å². The molecular weight excluding hydrogens is 364 g/mol. The molecule has 1 amide bonds. The number of hydrogen-bond donors (Lipinski definition) is 2. The fourth-order valence-corrected chi connectivity index (χ4v) is 4.28. The van der Waals surface area contributed by atoms with Crippen LogP contribution in [0, 0.1) is 0 Å². The van der Waals surface area contributed by atoms with Crippen molar-refractivity contribution in [3.8, 4) is 0 Å². The van der Waals surface area contributed by atoms with Crippen molar-refractivity contribution in [1.82, 2.24) is 10.3 Å². The quantitative estimate of drug-likeness (QED) is 0.770. The molecule has 3 heterocycles. The Morgan fingerprint density at radius 3 is 3.00 bits per heavy atom. The first-order valence-corrected chi connectivity index (χ1v) is 10.4. The number of allylic oxidation sites excluding steroid dienone is 1. The number of rotatable bonds is 6. The molecule has 6 nitrogen and oxygen atoms in total. The van der Waals surface area contributed by atoms with Crippen molar-refractivity contribution >= 4 is 17.6 Å². The summed E-state index contributed by atoms with van der Waals surface area (Å²) in [7, 11) is 0. The molecule has 4 rings (SSSR count). The van der Waals surface area contributed by atoms with Crippen LogP contribution in [0.1, 0.15) is 37.3 Å². The number of carbonyl (C=O) groups excluding carboxylic acids is 1. The summed E-state index contributed by atoms with van der Waals surface area (Å²) in [5, 5.41) is 6.36. The Balaban J connectivity index is 1.44. The smallest absolute Gasteiger partial charge is 0.407 e. The maximum Gasteiger partial charge on any atom is 0.407 e. The summed E-state index contributed by atoms with van der Waals surface area (Å²) in [6.45, 7) is 3.39. The predicted molar refractivity (Wildman–Crippen MR) is 115 cm³/mol. The van der Waals surface area contributed by atoms with Gasteiger partial charge in [0.05, 0.1) is 6.04 Å². The maximum atomic E-state index is 12.4. The van der Waals surface area contributed by atoms with Gasteiger partial charge in [0, 0.05) is 30.0 Å². The molecule has 0 bridgehead atoms. The van der Waals surface area contributed by atoms with Crippen LogP contribution in [0.5, 0.6) is 0 Å². The summed E-state index contributed by atoms with van der Waals surface area (Å²) >= 11 is 0. The summed E-state index contributed by atoms with van der Waals surface area (Å²) < 4.78 is 5.45. The van der Waals surface area contributed by atoms with Crippen molar-refractivity contribution in [1.29, 1.82) is 0 Å². The van der Waals surface area contributed by atoms with Gasteiger partial charge in [-0.3, -0.25) is 0 Å². The summed E-state index contributed by atoms with van der Waals surface area (Å²) in [5.74, 6) is 0.930. The highest BCUT2D eigenvalue weighted by Gasteiger charge is 2.36. The Bertz CT molecular complexity index is 868. The molecule has 2 aliphatic heterocycles. The molecule has 6 heteroatoms. The van der Waals surface area contributed by atoms with Gasteiger partial charge in [0.2, 0.25) is 0 Å². The molecule has 1 saturated heterocycles. The zero-order chi connectivity index (χ0) is 20.1. The molecule has 1 fully saturated rings. The third-order valence-electron chi connectivity index (χ3n) is 5.65. The zero-order valence-electron chi connectivity index (χ0n) is 16.8. The Kier molecular flexibility index (Phi) is 5.98. The van der Waals surface area contributed by atoms with Crippen molar-refractivity contribution in [2.45, 2.75) is 51.3 Å². The number of benzene rings is 1. The van der Waals surface area contributed by atoms with E-state index in [-0.39, 0.29) is 24.8 Å². The molecule has 2 atom stereocenters. The van der Waals surface area contributed by atoms with Crippen LogP contribution in [0.25, 0.3) is 0 Å². The van der Waals surface area contributed by atoms with Gasteiger partial charge < -0.3 is 20.3 Å². The summed E-state index contributed by atoms with van der Waals surface area (Å²) in [5.41, 5.74) is 3.43. The lowest BCUT2D eigenvalue weighted by atomic mass is 10.0. The standard InChI is InChI=1S/C23H28N4O2/c1-2-7-21-19(26-23(28)29-16-17-8-4-3-5-9-17)12-15-27(21)20-11-14-25-22-18(20)10-6-13-24-22/h3-6,8-9,11,13-14,19,21H,2,7,10,12,15-16H2,1H3,(H,24,25)(H,26,28). The van der Waals surface area contributed by atoms with Gasteiger partial charge in [0.25, 0.3) is 0 Å². The van der Waals surface area contributed by atoms with E-state index in [1.165, 1.54) is 11.3 Å². The van der Waals surface area contributed by atoms with E-state index in [0.29, 0.717) is 0 Å². The maximum absolute atomic E-state index is 12.4. The number of amides is 1. The van der Waals surface area contributed by atoms with Gasteiger partial charge in [-0.2, -0.15) is 0 Å². The fourth-order valence-electron chi connectivity index (χ4n) is 4.28. The van der Waals surface area contributed by atoms with E-state index in [9.17, 15) is 4.79 Å². The zero-order valence-corrected chi connectivity index (χ0v) is 16.8. The van der Waals surface area contributed by atoms with Crippen LogP contribution in [-0.4, -0.2) is 29.7 Å². The average molecular weight is 393 g/mol. The molecule has 2 unspecified atom stereocenters. The summed E-state index contributed by atoms with van der Waals surface area (Å²) in [4.78, 5) is 19.3. The van der Waals surface area contributed by atoms with Gasteiger partial charge in [-0.05, 0) is 37.1 Å². The molecule has 0 radical (unpaired) electrons. The molecular formula is C23H28N4O2. The minimum absolute atomic E-state index is 0.0779. The van der Waals surface area contributed by atoms with Crippen LogP contribution in [0.4, 0.5) is 16.3 Å². The number of aromatic nitrogens is 1. The van der Waals surface area contributed by atoms with Crippen LogP contribution in [-0.2, 0) is 17.8 Å². The molecule has 0 spiro atoms. The number of pyridine rings is 1. The highest BCUT2D eigenvalue weighted by Crippen LogP contribution is 2.35. The van der Waals surface area contributed by atoms with Gasteiger partial charge >= 0.3 is 6.09 Å². The number of nitrogens with zero attached hydrogens (tertiary/aromatic N) is 2. The van der Waals surface area contributed by atoms with E-state index in [1.807, 2.05) is 42.7 Å². The normalized spacial score (nSPS) is 20.1. The summed E-state index contributed by atoms with van der Waals surface area (Å²) in [6, 6.07) is 12.2. The van der Waals surface area contributed by atoms with Crippen LogP contribution in [0.15, 0.2) is 54.9 Å². The predicted octanol–water partition coefficient (Wildman–Crippen LogP) is 4.24. The van der Waals surface area contributed by atoms with Gasteiger partial charge in [-0.15, -0.1) is 0 Å². The first-order valence-electron chi connectivity index (χ1n) is 10.4.